The number of ether oxygens (including phenoxy) is 1. The summed E-state index contributed by atoms with van der Waals surface area (Å²) in [6, 6.07) is 7.34. The molecule has 2 atom stereocenters. The van der Waals surface area contributed by atoms with Gasteiger partial charge in [0.1, 0.15) is 6.04 Å². The second-order valence-electron chi connectivity index (χ2n) is 5.78. The lowest BCUT2D eigenvalue weighted by atomic mass is 9.98. The average molecular weight is 304 g/mol. The van der Waals surface area contributed by atoms with Crippen LogP contribution in [0, 0.1) is 5.92 Å². The number of fused-ring (bicyclic) bond motifs is 1. The number of rotatable bonds is 4. The standard InChI is InChI=1S/C17H24N2O3/c1-4-12(2)15(16(20)22-3)18-17(21)19-10-9-13-7-5-6-8-14(13)11-19/h5-8,12,15H,4,9-11H2,1-3H3,(H,18,21)/t12-,15+/m0/s1. The first-order valence-electron chi connectivity index (χ1n) is 7.76. The summed E-state index contributed by atoms with van der Waals surface area (Å²) in [7, 11) is 1.35. The van der Waals surface area contributed by atoms with Crippen LogP contribution in [0.15, 0.2) is 24.3 Å². The fourth-order valence-corrected chi connectivity index (χ4v) is 2.69. The predicted molar refractivity (Wildman–Crippen MR) is 84.3 cm³/mol. The fourth-order valence-electron chi connectivity index (χ4n) is 2.69. The van der Waals surface area contributed by atoms with Crippen LogP contribution in [0.5, 0.6) is 0 Å². The molecule has 0 fully saturated rings. The van der Waals surface area contributed by atoms with E-state index in [1.54, 1.807) is 4.90 Å². The Morgan fingerprint density at radius 2 is 2.00 bits per heavy atom. The topological polar surface area (TPSA) is 58.6 Å². The van der Waals surface area contributed by atoms with E-state index >= 15 is 0 Å². The van der Waals surface area contributed by atoms with Gasteiger partial charge < -0.3 is 15.0 Å². The molecule has 0 saturated heterocycles. The van der Waals surface area contributed by atoms with E-state index in [1.807, 2.05) is 32.0 Å². The Balaban J connectivity index is 2.04. The lowest BCUT2D eigenvalue weighted by Crippen LogP contribution is -2.51. The van der Waals surface area contributed by atoms with Gasteiger partial charge in [0.2, 0.25) is 0 Å². The van der Waals surface area contributed by atoms with E-state index in [2.05, 4.69) is 11.4 Å². The number of hydrogen-bond acceptors (Lipinski definition) is 3. The molecule has 0 bridgehead atoms. The van der Waals surface area contributed by atoms with Crippen molar-refractivity contribution < 1.29 is 14.3 Å². The molecule has 2 rings (SSSR count). The van der Waals surface area contributed by atoms with Crippen molar-refractivity contribution in [3.8, 4) is 0 Å². The zero-order valence-corrected chi connectivity index (χ0v) is 13.5. The molecule has 1 N–H and O–H groups in total. The number of amides is 2. The third-order valence-corrected chi connectivity index (χ3v) is 4.36. The predicted octanol–water partition coefficient (Wildman–Crippen LogP) is 2.34. The zero-order valence-electron chi connectivity index (χ0n) is 13.5. The quantitative estimate of drug-likeness (QED) is 0.869. The summed E-state index contributed by atoms with van der Waals surface area (Å²) in [5, 5.41) is 2.83. The van der Waals surface area contributed by atoms with Crippen LogP contribution in [-0.2, 0) is 22.5 Å². The highest BCUT2D eigenvalue weighted by atomic mass is 16.5. The van der Waals surface area contributed by atoms with Crippen molar-refractivity contribution in [3.63, 3.8) is 0 Å². The first-order chi connectivity index (χ1) is 10.6. The molecular weight excluding hydrogens is 280 g/mol. The second-order valence-corrected chi connectivity index (χ2v) is 5.78. The molecule has 120 valence electrons. The van der Waals surface area contributed by atoms with Crippen LogP contribution in [0.3, 0.4) is 0 Å². The van der Waals surface area contributed by atoms with E-state index in [0.29, 0.717) is 13.1 Å². The summed E-state index contributed by atoms with van der Waals surface area (Å²) >= 11 is 0. The maximum Gasteiger partial charge on any atom is 0.328 e. The SMILES string of the molecule is CC[C@H](C)[C@@H](NC(=O)N1CCc2ccccc2C1)C(=O)OC. The third-order valence-electron chi connectivity index (χ3n) is 4.36. The molecule has 1 aliphatic heterocycles. The second kappa shape index (κ2) is 7.29. The number of esters is 1. The first kappa shape index (κ1) is 16.3. The van der Waals surface area contributed by atoms with Gasteiger partial charge in [-0.15, -0.1) is 0 Å². The number of methoxy groups -OCH3 is 1. The molecular formula is C17H24N2O3. The Labute approximate surface area is 131 Å². The molecule has 0 unspecified atom stereocenters. The number of hydrogen-bond donors (Lipinski definition) is 1. The van der Waals surface area contributed by atoms with Crippen molar-refractivity contribution in [2.75, 3.05) is 13.7 Å². The number of carbonyl (C=O) groups is 2. The highest BCUT2D eigenvalue weighted by molar-refractivity contribution is 5.84. The highest BCUT2D eigenvalue weighted by Crippen LogP contribution is 2.19. The average Bonchev–Trinajstić information content (AvgIpc) is 2.57. The largest absolute Gasteiger partial charge is 0.467 e. The van der Waals surface area contributed by atoms with Crippen molar-refractivity contribution >= 4 is 12.0 Å². The van der Waals surface area contributed by atoms with Gasteiger partial charge in [-0.1, -0.05) is 44.5 Å². The van der Waals surface area contributed by atoms with E-state index in [-0.39, 0.29) is 17.9 Å². The number of benzene rings is 1. The molecule has 1 heterocycles. The third kappa shape index (κ3) is 3.59. The van der Waals surface area contributed by atoms with Gasteiger partial charge in [-0.25, -0.2) is 9.59 Å². The van der Waals surface area contributed by atoms with Crippen molar-refractivity contribution in [2.24, 2.45) is 5.92 Å². The molecule has 0 spiro atoms. The van der Waals surface area contributed by atoms with E-state index in [0.717, 1.165) is 12.8 Å². The Morgan fingerprint density at radius 1 is 1.32 bits per heavy atom. The number of nitrogens with one attached hydrogen (secondary N) is 1. The molecule has 2 amide bonds. The molecule has 1 aliphatic rings. The normalized spacial score (nSPS) is 16.4. The van der Waals surface area contributed by atoms with Gasteiger partial charge in [-0.05, 0) is 23.5 Å². The van der Waals surface area contributed by atoms with Gasteiger partial charge in [-0.3, -0.25) is 0 Å². The molecule has 0 saturated carbocycles. The smallest absolute Gasteiger partial charge is 0.328 e. The highest BCUT2D eigenvalue weighted by Gasteiger charge is 2.29. The molecule has 0 radical (unpaired) electrons. The number of carbonyl (C=O) groups excluding carboxylic acids is 2. The van der Waals surface area contributed by atoms with E-state index < -0.39 is 6.04 Å². The van der Waals surface area contributed by atoms with Gasteiger partial charge in [0.05, 0.1) is 7.11 Å². The molecule has 1 aromatic rings. The summed E-state index contributed by atoms with van der Waals surface area (Å²) in [6.07, 6.45) is 1.64. The minimum Gasteiger partial charge on any atom is -0.467 e. The first-order valence-corrected chi connectivity index (χ1v) is 7.76. The van der Waals surface area contributed by atoms with Gasteiger partial charge in [0, 0.05) is 13.1 Å². The summed E-state index contributed by atoms with van der Waals surface area (Å²) in [6.45, 7) is 5.17. The molecule has 5 heteroatoms. The van der Waals surface area contributed by atoms with E-state index in [4.69, 9.17) is 4.74 Å². The molecule has 1 aromatic carbocycles. The van der Waals surface area contributed by atoms with Crippen LogP contribution in [0.25, 0.3) is 0 Å². The Bertz CT molecular complexity index is 544. The number of nitrogens with zero attached hydrogens (tertiary/aromatic N) is 1. The molecule has 0 aromatic heterocycles. The molecule has 22 heavy (non-hydrogen) atoms. The van der Waals surface area contributed by atoms with Crippen molar-refractivity contribution in [1.82, 2.24) is 10.2 Å². The summed E-state index contributed by atoms with van der Waals surface area (Å²) in [5.74, 6) is -0.353. The summed E-state index contributed by atoms with van der Waals surface area (Å²) in [4.78, 5) is 26.1. The van der Waals surface area contributed by atoms with Crippen LogP contribution >= 0.6 is 0 Å². The monoisotopic (exact) mass is 304 g/mol. The van der Waals surface area contributed by atoms with Crippen LogP contribution in [0.1, 0.15) is 31.4 Å². The van der Waals surface area contributed by atoms with Crippen molar-refractivity contribution in [1.29, 1.82) is 0 Å². The molecule has 5 nitrogen and oxygen atoms in total. The van der Waals surface area contributed by atoms with Crippen LogP contribution in [0.4, 0.5) is 4.79 Å². The minimum absolute atomic E-state index is 0.0356. The molecule has 0 aliphatic carbocycles. The maximum absolute atomic E-state index is 12.5. The number of urea groups is 1. The van der Waals surface area contributed by atoms with Crippen LogP contribution in [0.2, 0.25) is 0 Å². The van der Waals surface area contributed by atoms with Crippen LogP contribution in [-0.4, -0.2) is 36.6 Å². The lowest BCUT2D eigenvalue weighted by molar-refractivity contribution is -0.144. The van der Waals surface area contributed by atoms with E-state index in [1.165, 1.54) is 18.2 Å². The lowest BCUT2D eigenvalue weighted by Gasteiger charge is -2.31. The zero-order chi connectivity index (χ0) is 16.1. The summed E-state index contributed by atoms with van der Waals surface area (Å²) in [5.41, 5.74) is 2.46. The van der Waals surface area contributed by atoms with Gasteiger partial charge in [-0.2, -0.15) is 0 Å². The summed E-state index contributed by atoms with van der Waals surface area (Å²) < 4.78 is 4.81. The maximum atomic E-state index is 12.5. The van der Waals surface area contributed by atoms with Crippen molar-refractivity contribution in [3.05, 3.63) is 35.4 Å². The van der Waals surface area contributed by atoms with Gasteiger partial charge in [0.15, 0.2) is 0 Å². The van der Waals surface area contributed by atoms with Gasteiger partial charge in [0.25, 0.3) is 0 Å². The Morgan fingerprint density at radius 3 is 2.64 bits per heavy atom. The van der Waals surface area contributed by atoms with E-state index in [9.17, 15) is 9.59 Å². The van der Waals surface area contributed by atoms with Crippen molar-refractivity contribution in [2.45, 2.75) is 39.3 Å². The Kier molecular flexibility index (Phi) is 5.41. The minimum atomic E-state index is -0.598. The van der Waals surface area contributed by atoms with Gasteiger partial charge >= 0.3 is 12.0 Å². The van der Waals surface area contributed by atoms with Crippen LogP contribution < -0.4 is 5.32 Å². The fraction of sp³-hybridized carbons (Fsp3) is 0.529. The Hall–Kier alpha value is -2.04.